The lowest BCUT2D eigenvalue weighted by molar-refractivity contribution is -0.170. The maximum Gasteiger partial charge on any atom is 0.123 e. The quantitative estimate of drug-likeness (QED) is 0.713. The molecule has 1 heterocycles. The molecule has 0 radical (unpaired) electrons. The van der Waals surface area contributed by atoms with Crippen molar-refractivity contribution in [3.8, 4) is 0 Å². The lowest BCUT2D eigenvalue weighted by Crippen LogP contribution is -2.62. The van der Waals surface area contributed by atoms with Crippen molar-refractivity contribution in [2.75, 3.05) is 13.1 Å². The Kier molecular flexibility index (Phi) is 3.21. The predicted octanol–water partition coefficient (Wildman–Crippen LogP) is 1.52. The summed E-state index contributed by atoms with van der Waals surface area (Å²) in [5.41, 5.74) is -0.984. The Morgan fingerprint density at radius 3 is 2.41 bits per heavy atom. The van der Waals surface area contributed by atoms with Crippen molar-refractivity contribution < 1.29 is 10.2 Å². The van der Waals surface area contributed by atoms with E-state index < -0.39 is 17.1 Å². The average Bonchev–Trinajstić information content (AvgIpc) is 2.26. The van der Waals surface area contributed by atoms with E-state index in [-0.39, 0.29) is 0 Å². The SMILES string of the molecule is CC1(C)CNCC(O)C1(O)c1ccc(Cl)cc1. The van der Waals surface area contributed by atoms with Gasteiger partial charge in [0.1, 0.15) is 5.60 Å². The molecule has 2 unspecified atom stereocenters. The minimum absolute atomic E-state index is 0.391. The van der Waals surface area contributed by atoms with E-state index in [4.69, 9.17) is 11.6 Å². The molecule has 0 bridgehead atoms. The molecule has 2 atom stereocenters. The molecule has 94 valence electrons. The van der Waals surface area contributed by atoms with Crippen LogP contribution in [0.3, 0.4) is 0 Å². The van der Waals surface area contributed by atoms with Crippen molar-refractivity contribution >= 4 is 11.6 Å². The first-order valence-corrected chi connectivity index (χ1v) is 6.13. The molecule has 0 aliphatic carbocycles. The van der Waals surface area contributed by atoms with Crippen molar-refractivity contribution in [3.05, 3.63) is 34.9 Å². The number of hydrogen-bond acceptors (Lipinski definition) is 3. The van der Waals surface area contributed by atoms with Crippen LogP contribution in [-0.4, -0.2) is 29.4 Å². The van der Waals surface area contributed by atoms with Gasteiger partial charge < -0.3 is 15.5 Å². The number of halogens is 1. The number of rotatable bonds is 1. The summed E-state index contributed by atoms with van der Waals surface area (Å²) in [5, 5.41) is 24.8. The predicted molar refractivity (Wildman–Crippen MR) is 68.0 cm³/mol. The van der Waals surface area contributed by atoms with E-state index in [2.05, 4.69) is 5.32 Å². The Balaban J connectivity index is 2.47. The van der Waals surface area contributed by atoms with E-state index in [0.717, 1.165) is 0 Å². The van der Waals surface area contributed by atoms with Gasteiger partial charge in [-0.25, -0.2) is 0 Å². The first kappa shape index (κ1) is 12.8. The second kappa shape index (κ2) is 4.25. The van der Waals surface area contributed by atoms with E-state index >= 15 is 0 Å². The number of β-amino-alcohol motifs (C(OH)–C–C–N with tert-alkyl or cyclic N) is 1. The van der Waals surface area contributed by atoms with Gasteiger partial charge in [-0.15, -0.1) is 0 Å². The topological polar surface area (TPSA) is 52.5 Å². The van der Waals surface area contributed by atoms with Gasteiger partial charge in [0.15, 0.2) is 0 Å². The lowest BCUT2D eigenvalue weighted by Gasteiger charge is -2.50. The summed E-state index contributed by atoms with van der Waals surface area (Å²) in [6, 6.07) is 7.02. The molecule has 17 heavy (non-hydrogen) atoms. The molecule has 4 heteroatoms. The summed E-state index contributed by atoms with van der Waals surface area (Å²) in [5.74, 6) is 0. The molecule has 3 nitrogen and oxygen atoms in total. The zero-order valence-electron chi connectivity index (χ0n) is 10.1. The molecule has 1 fully saturated rings. The van der Waals surface area contributed by atoms with Crippen LogP contribution in [0.1, 0.15) is 19.4 Å². The van der Waals surface area contributed by atoms with Crippen LogP contribution in [0.25, 0.3) is 0 Å². The van der Waals surface area contributed by atoms with Crippen LogP contribution in [0.15, 0.2) is 24.3 Å². The molecule has 1 aliphatic rings. The van der Waals surface area contributed by atoms with Gasteiger partial charge in [0, 0.05) is 23.5 Å². The molecule has 1 aromatic carbocycles. The molecule has 1 aliphatic heterocycles. The number of hydrogen-bond donors (Lipinski definition) is 3. The maximum atomic E-state index is 10.9. The molecule has 0 aromatic heterocycles. The second-order valence-corrected chi connectivity index (χ2v) is 5.74. The number of benzene rings is 1. The van der Waals surface area contributed by atoms with Crippen LogP contribution in [0, 0.1) is 5.41 Å². The van der Waals surface area contributed by atoms with Crippen molar-refractivity contribution in [3.63, 3.8) is 0 Å². The Labute approximate surface area is 106 Å². The van der Waals surface area contributed by atoms with Crippen molar-refractivity contribution in [1.82, 2.24) is 5.32 Å². The van der Waals surface area contributed by atoms with Crippen LogP contribution >= 0.6 is 11.6 Å². The third kappa shape index (κ3) is 1.97. The molecule has 0 spiro atoms. The summed E-state index contributed by atoms with van der Waals surface area (Å²) in [7, 11) is 0. The van der Waals surface area contributed by atoms with Gasteiger partial charge in [0.2, 0.25) is 0 Å². The van der Waals surface area contributed by atoms with Gasteiger partial charge in [-0.2, -0.15) is 0 Å². The van der Waals surface area contributed by atoms with Gasteiger partial charge in [0.05, 0.1) is 6.10 Å². The number of aliphatic hydroxyl groups excluding tert-OH is 1. The number of nitrogens with one attached hydrogen (secondary N) is 1. The largest absolute Gasteiger partial charge is 0.388 e. The maximum absolute atomic E-state index is 10.9. The molecule has 0 saturated carbocycles. The number of aliphatic hydroxyl groups is 2. The van der Waals surface area contributed by atoms with Crippen LogP contribution in [0.2, 0.25) is 5.02 Å². The van der Waals surface area contributed by atoms with E-state index in [0.29, 0.717) is 23.7 Å². The summed E-state index contributed by atoms with van der Waals surface area (Å²) in [4.78, 5) is 0. The van der Waals surface area contributed by atoms with Crippen LogP contribution in [0.5, 0.6) is 0 Å². The molecule has 1 aromatic rings. The highest BCUT2D eigenvalue weighted by molar-refractivity contribution is 6.30. The Hall–Kier alpha value is -0.610. The summed E-state index contributed by atoms with van der Waals surface area (Å²) in [6.45, 7) is 4.93. The zero-order chi connectivity index (χ0) is 12.7. The monoisotopic (exact) mass is 255 g/mol. The Morgan fingerprint density at radius 2 is 1.88 bits per heavy atom. The van der Waals surface area contributed by atoms with Gasteiger partial charge in [0.25, 0.3) is 0 Å². The van der Waals surface area contributed by atoms with Gasteiger partial charge >= 0.3 is 0 Å². The lowest BCUT2D eigenvalue weighted by atomic mass is 9.65. The molecule has 1 saturated heterocycles. The van der Waals surface area contributed by atoms with Crippen molar-refractivity contribution in [2.45, 2.75) is 25.6 Å². The second-order valence-electron chi connectivity index (χ2n) is 5.30. The fourth-order valence-electron chi connectivity index (χ4n) is 2.54. The summed E-state index contributed by atoms with van der Waals surface area (Å²) >= 11 is 5.85. The normalized spacial score (nSPS) is 32.4. The van der Waals surface area contributed by atoms with Crippen molar-refractivity contribution in [2.24, 2.45) is 5.41 Å². The molecular weight excluding hydrogens is 238 g/mol. The zero-order valence-corrected chi connectivity index (χ0v) is 10.8. The van der Waals surface area contributed by atoms with E-state index in [1.165, 1.54) is 0 Å². The molecule has 0 amide bonds. The third-order valence-electron chi connectivity index (χ3n) is 3.70. The van der Waals surface area contributed by atoms with Crippen molar-refractivity contribution in [1.29, 1.82) is 0 Å². The smallest absolute Gasteiger partial charge is 0.123 e. The first-order valence-electron chi connectivity index (χ1n) is 5.75. The highest BCUT2D eigenvalue weighted by Gasteiger charge is 2.52. The summed E-state index contributed by atoms with van der Waals surface area (Å²) in [6.07, 6.45) is -0.826. The summed E-state index contributed by atoms with van der Waals surface area (Å²) < 4.78 is 0. The minimum Gasteiger partial charge on any atom is -0.388 e. The van der Waals surface area contributed by atoms with E-state index in [9.17, 15) is 10.2 Å². The molecule has 2 rings (SSSR count). The standard InChI is InChI=1S/C13H18ClNO2/c1-12(2)8-15-7-11(16)13(12,17)9-3-5-10(14)6-4-9/h3-6,11,15-17H,7-8H2,1-2H3. The Morgan fingerprint density at radius 1 is 1.29 bits per heavy atom. The third-order valence-corrected chi connectivity index (χ3v) is 3.95. The van der Waals surface area contributed by atoms with E-state index in [1.54, 1.807) is 24.3 Å². The van der Waals surface area contributed by atoms with Gasteiger partial charge in [-0.05, 0) is 17.7 Å². The highest BCUT2D eigenvalue weighted by Crippen LogP contribution is 2.44. The van der Waals surface area contributed by atoms with Crippen LogP contribution in [0.4, 0.5) is 0 Å². The van der Waals surface area contributed by atoms with Gasteiger partial charge in [-0.1, -0.05) is 37.6 Å². The van der Waals surface area contributed by atoms with Crippen LogP contribution in [-0.2, 0) is 5.60 Å². The van der Waals surface area contributed by atoms with Gasteiger partial charge in [-0.3, -0.25) is 0 Å². The fourth-order valence-corrected chi connectivity index (χ4v) is 2.67. The highest BCUT2D eigenvalue weighted by atomic mass is 35.5. The van der Waals surface area contributed by atoms with E-state index in [1.807, 2.05) is 13.8 Å². The minimum atomic E-state index is -1.25. The fraction of sp³-hybridized carbons (Fsp3) is 0.538. The number of piperidine rings is 1. The first-order chi connectivity index (χ1) is 7.88. The van der Waals surface area contributed by atoms with Crippen LogP contribution < -0.4 is 5.32 Å². The molecule has 3 N–H and O–H groups in total. The average molecular weight is 256 g/mol. The molecular formula is C13H18ClNO2. The Bertz CT molecular complexity index is 404.